The third-order valence-corrected chi connectivity index (χ3v) is 7.59. The van der Waals surface area contributed by atoms with Crippen molar-refractivity contribution in [1.82, 2.24) is 0 Å². The van der Waals surface area contributed by atoms with Gasteiger partial charge in [0.15, 0.2) is 0 Å². The first-order chi connectivity index (χ1) is 14.0. The van der Waals surface area contributed by atoms with Crippen molar-refractivity contribution < 1.29 is 12.8 Å². The molecule has 0 saturated heterocycles. The van der Waals surface area contributed by atoms with Gasteiger partial charge in [-0.1, -0.05) is 48.0 Å². The number of sulfone groups is 1. The van der Waals surface area contributed by atoms with E-state index in [4.69, 9.17) is 16.0 Å². The van der Waals surface area contributed by atoms with E-state index in [2.05, 4.69) is 0 Å². The molecule has 0 unspecified atom stereocenters. The van der Waals surface area contributed by atoms with E-state index >= 15 is 0 Å². The Hall–Kier alpha value is -3.08. The summed E-state index contributed by atoms with van der Waals surface area (Å²) < 4.78 is 32.0. The van der Waals surface area contributed by atoms with Crippen LogP contribution in [0.5, 0.6) is 0 Å². The second kappa shape index (κ2) is 5.72. The number of halogens is 1. The average molecular weight is 417 g/mol. The molecule has 0 bridgehead atoms. The van der Waals surface area contributed by atoms with E-state index in [1.54, 1.807) is 24.3 Å². The van der Waals surface area contributed by atoms with Gasteiger partial charge < -0.3 is 4.42 Å². The molecule has 6 rings (SSSR count). The predicted molar refractivity (Wildman–Crippen MR) is 115 cm³/mol. The Balaban J connectivity index is 1.54. The molecule has 140 valence electrons. The fraction of sp³-hybridized carbons (Fsp3) is 0. The molecular formula is C24H13ClO3S. The molecule has 0 aliphatic carbocycles. The molecule has 0 spiro atoms. The highest BCUT2D eigenvalue weighted by atomic mass is 35.5. The molecule has 2 heterocycles. The van der Waals surface area contributed by atoms with E-state index in [0.717, 1.165) is 44.2 Å². The Morgan fingerprint density at radius 2 is 1.31 bits per heavy atom. The molecule has 0 N–H and O–H groups in total. The van der Waals surface area contributed by atoms with Gasteiger partial charge in [-0.05, 0) is 47.5 Å². The maximum atomic E-state index is 13.0. The summed E-state index contributed by atoms with van der Waals surface area (Å²) in [6, 6.07) is 24.2. The van der Waals surface area contributed by atoms with Gasteiger partial charge in [0, 0.05) is 33.0 Å². The minimum Gasteiger partial charge on any atom is -0.456 e. The van der Waals surface area contributed by atoms with E-state index in [9.17, 15) is 8.42 Å². The van der Waals surface area contributed by atoms with Gasteiger partial charge >= 0.3 is 0 Å². The third-order valence-electron chi connectivity index (χ3n) is 5.51. The normalized spacial score (nSPS) is 14.2. The highest BCUT2D eigenvalue weighted by Gasteiger charge is 2.32. The summed E-state index contributed by atoms with van der Waals surface area (Å²) in [5.74, 6) is 0. The molecule has 1 aliphatic rings. The van der Waals surface area contributed by atoms with Gasteiger partial charge in [-0.15, -0.1) is 0 Å². The van der Waals surface area contributed by atoms with Crippen LogP contribution in [0.15, 0.2) is 93.1 Å². The van der Waals surface area contributed by atoms with Crippen molar-refractivity contribution in [1.29, 1.82) is 0 Å². The molecule has 0 radical (unpaired) electrons. The van der Waals surface area contributed by atoms with Crippen molar-refractivity contribution in [2.45, 2.75) is 9.79 Å². The van der Waals surface area contributed by atoms with Gasteiger partial charge in [-0.2, -0.15) is 0 Å². The Kier molecular flexibility index (Phi) is 3.32. The zero-order valence-electron chi connectivity index (χ0n) is 15.0. The van der Waals surface area contributed by atoms with Gasteiger partial charge in [0.2, 0.25) is 9.84 Å². The topological polar surface area (TPSA) is 47.3 Å². The van der Waals surface area contributed by atoms with Crippen molar-refractivity contribution in [3.05, 3.63) is 83.9 Å². The summed E-state index contributed by atoms with van der Waals surface area (Å²) in [6.45, 7) is 0. The molecule has 1 aromatic heterocycles. The highest BCUT2D eigenvalue weighted by Crippen LogP contribution is 2.44. The van der Waals surface area contributed by atoms with Crippen molar-refractivity contribution in [2.24, 2.45) is 0 Å². The van der Waals surface area contributed by atoms with Crippen LogP contribution in [0.1, 0.15) is 0 Å². The summed E-state index contributed by atoms with van der Waals surface area (Å²) in [7, 11) is -3.50. The summed E-state index contributed by atoms with van der Waals surface area (Å²) in [5.41, 5.74) is 4.72. The Labute approximate surface area is 172 Å². The van der Waals surface area contributed by atoms with Gasteiger partial charge in [-0.3, -0.25) is 0 Å². The van der Waals surface area contributed by atoms with Crippen molar-refractivity contribution >= 4 is 43.4 Å². The van der Waals surface area contributed by atoms with Gasteiger partial charge in [0.25, 0.3) is 0 Å². The fourth-order valence-corrected chi connectivity index (χ4v) is 5.99. The Bertz CT molecular complexity index is 1580. The maximum Gasteiger partial charge on any atom is 0.207 e. The highest BCUT2D eigenvalue weighted by molar-refractivity contribution is 7.92. The standard InChI is InChI=1S/C24H13ClO3S/c25-16-7-10-18-17-8-5-14(11-21(17)28-22(18)13-16)15-6-9-20-19-3-1-2-4-23(19)29(26,27)24(20)12-15/h1-13H. The van der Waals surface area contributed by atoms with Crippen LogP contribution in [0.3, 0.4) is 0 Å². The van der Waals surface area contributed by atoms with Crippen molar-refractivity contribution in [3.8, 4) is 22.3 Å². The average Bonchev–Trinajstić information content (AvgIpc) is 3.20. The summed E-state index contributed by atoms with van der Waals surface area (Å²) in [5, 5.41) is 2.63. The van der Waals surface area contributed by atoms with Crippen molar-refractivity contribution in [3.63, 3.8) is 0 Å². The monoisotopic (exact) mass is 416 g/mol. The van der Waals surface area contributed by atoms with E-state index in [-0.39, 0.29) is 0 Å². The molecule has 1 aliphatic heterocycles. The zero-order chi connectivity index (χ0) is 19.8. The van der Waals surface area contributed by atoms with Crippen LogP contribution < -0.4 is 0 Å². The van der Waals surface area contributed by atoms with Crippen LogP contribution >= 0.6 is 11.6 Å². The molecule has 0 amide bonds. The molecular weight excluding hydrogens is 404 g/mol. The fourth-order valence-electron chi connectivity index (χ4n) is 4.12. The maximum absolute atomic E-state index is 13.0. The summed E-state index contributed by atoms with van der Waals surface area (Å²) >= 11 is 6.08. The number of hydrogen-bond donors (Lipinski definition) is 0. The molecule has 0 atom stereocenters. The van der Waals surface area contributed by atoms with Crippen molar-refractivity contribution in [2.75, 3.05) is 0 Å². The van der Waals surface area contributed by atoms with Crippen LogP contribution in [0.25, 0.3) is 44.2 Å². The lowest BCUT2D eigenvalue weighted by Crippen LogP contribution is -1.96. The molecule has 5 aromatic rings. The predicted octanol–water partition coefficient (Wildman–Crippen LogP) is 6.72. The van der Waals surface area contributed by atoms with Crippen LogP contribution in [-0.4, -0.2) is 8.42 Å². The van der Waals surface area contributed by atoms with E-state index in [0.29, 0.717) is 14.8 Å². The molecule has 3 nitrogen and oxygen atoms in total. The lowest BCUT2D eigenvalue weighted by Gasteiger charge is -2.05. The Morgan fingerprint density at radius 3 is 2.17 bits per heavy atom. The SMILES string of the molecule is O=S1(=O)c2ccccc2-c2ccc(-c3ccc4c(c3)oc3cc(Cl)ccc34)cc21. The van der Waals surface area contributed by atoms with Crippen LogP contribution in [-0.2, 0) is 9.84 Å². The second-order valence-corrected chi connectivity index (χ2v) is 9.49. The first-order valence-corrected chi connectivity index (χ1v) is 11.0. The zero-order valence-corrected chi connectivity index (χ0v) is 16.6. The van der Waals surface area contributed by atoms with E-state index in [1.807, 2.05) is 54.6 Å². The van der Waals surface area contributed by atoms with Gasteiger partial charge in [0.1, 0.15) is 11.2 Å². The molecule has 0 fully saturated rings. The lowest BCUT2D eigenvalue weighted by atomic mass is 9.99. The number of furan rings is 1. The summed E-state index contributed by atoms with van der Waals surface area (Å²) in [6.07, 6.45) is 0. The second-order valence-electron chi connectivity index (χ2n) is 7.16. The third kappa shape index (κ3) is 2.33. The van der Waals surface area contributed by atoms with Gasteiger partial charge in [-0.25, -0.2) is 8.42 Å². The molecule has 0 saturated carbocycles. The number of rotatable bonds is 1. The smallest absolute Gasteiger partial charge is 0.207 e. The van der Waals surface area contributed by atoms with E-state index in [1.165, 1.54) is 0 Å². The quantitative estimate of drug-likeness (QED) is 0.299. The molecule has 29 heavy (non-hydrogen) atoms. The number of fused-ring (bicyclic) bond motifs is 6. The minimum atomic E-state index is -3.50. The first-order valence-electron chi connectivity index (χ1n) is 9.13. The van der Waals surface area contributed by atoms with Gasteiger partial charge in [0.05, 0.1) is 9.79 Å². The minimum absolute atomic E-state index is 0.354. The van der Waals surface area contributed by atoms with Crippen LogP contribution in [0, 0.1) is 0 Å². The number of benzene rings is 4. The lowest BCUT2D eigenvalue weighted by molar-refractivity contribution is 0.598. The van der Waals surface area contributed by atoms with Crippen LogP contribution in [0.4, 0.5) is 0 Å². The van der Waals surface area contributed by atoms with Crippen LogP contribution in [0.2, 0.25) is 5.02 Å². The Morgan fingerprint density at radius 1 is 0.655 bits per heavy atom. The van der Waals surface area contributed by atoms with E-state index < -0.39 is 9.84 Å². The summed E-state index contributed by atoms with van der Waals surface area (Å²) in [4.78, 5) is 0.726. The number of hydrogen-bond acceptors (Lipinski definition) is 3. The molecule has 5 heteroatoms. The largest absolute Gasteiger partial charge is 0.456 e. The molecule has 4 aromatic carbocycles. The first kappa shape index (κ1) is 16.8.